The standard InChI is InChI=1S/C19H17BrN4O/c1-13-6-8-14(9-7-13)12-21-18-11-10-17(23-24-18)19(25)22-16-5-3-2-4-15(16)20/h2-11H,12H2,1H3,(H,21,24)(H,22,25). The lowest BCUT2D eigenvalue weighted by Crippen LogP contribution is -2.15. The lowest BCUT2D eigenvalue weighted by Gasteiger charge is -2.08. The van der Waals surface area contributed by atoms with Gasteiger partial charge in [-0.2, -0.15) is 0 Å². The maximum Gasteiger partial charge on any atom is 0.276 e. The molecule has 0 aliphatic rings. The fourth-order valence-electron chi connectivity index (χ4n) is 2.20. The molecule has 5 nitrogen and oxygen atoms in total. The minimum atomic E-state index is -0.301. The van der Waals surface area contributed by atoms with E-state index in [1.54, 1.807) is 12.1 Å². The Labute approximate surface area is 154 Å². The van der Waals surface area contributed by atoms with Crippen LogP contribution in [0.3, 0.4) is 0 Å². The summed E-state index contributed by atoms with van der Waals surface area (Å²) in [6, 6.07) is 19.1. The van der Waals surface area contributed by atoms with Crippen LogP contribution in [-0.2, 0) is 6.54 Å². The average molecular weight is 397 g/mol. The zero-order chi connectivity index (χ0) is 17.6. The fourth-order valence-corrected chi connectivity index (χ4v) is 2.58. The molecule has 6 heteroatoms. The van der Waals surface area contributed by atoms with Crippen molar-refractivity contribution < 1.29 is 4.79 Å². The Morgan fingerprint density at radius 2 is 1.76 bits per heavy atom. The van der Waals surface area contributed by atoms with Crippen LogP contribution in [0.25, 0.3) is 0 Å². The zero-order valence-corrected chi connectivity index (χ0v) is 15.2. The minimum absolute atomic E-state index is 0.261. The molecule has 3 rings (SSSR count). The molecule has 0 radical (unpaired) electrons. The first kappa shape index (κ1) is 17.1. The number of hydrogen-bond acceptors (Lipinski definition) is 4. The summed E-state index contributed by atoms with van der Waals surface area (Å²) in [5, 5.41) is 14.0. The minimum Gasteiger partial charge on any atom is -0.365 e. The van der Waals surface area contributed by atoms with Crippen LogP contribution in [0.2, 0.25) is 0 Å². The number of amides is 1. The van der Waals surface area contributed by atoms with Gasteiger partial charge in [0.1, 0.15) is 5.82 Å². The molecule has 25 heavy (non-hydrogen) atoms. The summed E-state index contributed by atoms with van der Waals surface area (Å²) >= 11 is 3.40. The number of carbonyl (C=O) groups is 1. The maximum atomic E-state index is 12.2. The number of nitrogens with one attached hydrogen (secondary N) is 2. The van der Waals surface area contributed by atoms with Crippen molar-refractivity contribution in [2.45, 2.75) is 13.5 Å². The highest BCUT2D eigenvalue weighted by Gasteiger charge is 2.10. The molecule has 1 heterocycles. The Bertz CT molecular complexity index is 863. The largest absolute Gasteiger partial charge is 0.365 e. The van der Waals surface area contributed by atoms with Crippen molar-refractivity contribution in [3.05, 3.63) is 82.0 Å². The van der Waals surface area contributed by atoms with Gasteiger partial charge in [-0.3, -0.25) is 4.79 Å². The molecular weight excluding hydrogens is 380 g/mol. The van der Waals surface area contributed by atoms with Gasteiger partial charge in [-0.25, -0.2) is 0 Å². The van der Waals surface area contributed by atoms with E-state index in [0.717, 1.165) is 10.0 Å². The summed E-state index contributed by atoms with van der Waals surface area (Å²) in [6.45, 7) is 2.71. The van der Waals surface area contributed by atoms with Crippen LogP contribution in [0.5, 0.6) is 0 Å². The second kappa shape index (κ2) is 7.90. The first-order valence-electron chi connectivity index (χ1n) is 7.81. The number of halogens is 1. The monoisotopic (exact) mass is 396 g/mol. The van der Waals surface area contributed by atoms with E-state index < -0.39 is 0 Å². The van der Waals surface area contributed by atoms with Crippen molar-refractivity contribution >= 4 is 33.3 Å². The summed E-state index contributed by atoms with van der Waals surface area (Å²) in [5.74, 6) is 0.322. The van der Waals surface area contributed by atoms with Gasteiger partial charge >= 0.3 is 0 Å². The van der Waals surface area contributed by atoms with E-state index in [9.17, 15) is 4.79 Å². The molecule has 1 aromatic heterocycles. The predicted molar refractivity (Wildman–Crippen MR) is 103 cm³/mol. The van der Waals surface area contributed by atoms with Crippen molar-refractivity contribution in [1.82, 2.24) is 10.2 Å². The summed E-state index contributed by atoms with van der Waals surface area (Å²) in [5.41, 5.74) is 3.33. The van der Waals surface area contributed by atoms with Crippen molar-refractivity contribution in [2.24, 2.45) is 0 Å². The van der Waals surface area contributed by atoms with Gasteiger partial charge in [-0.1, -0.05) is 42.0 Å². The lowest BCUT2D eigenvalue weighted by molar-refractivity contribution is 0.102. The maximum absolute atomic E-state index is 12.2. The van der Waals surface area contributed by atoms with E-state index >= 15 is 0 Å². The predicted octanol–water partition coefficient (Wildman–Crippen LogP) is 4.41. The highest BCUT2D eigenvalue weighted by Crippen LogP contribution is 2.21. The summed E-state index contributed by atoms with van der Waals surface area (Å²) < 4.78 is 0.813. The van der Waals surface area contributed by atoms with Gasteiger partial charge < -0.3 is 10.6 Å². The first-order chi connectivity index (χ1) is 12.1. The van der Waals surface area contributed by atoms with E-state index in [4.69, 9.17) is 0 Å². The molecule has 0 bridgehead atoms. The molecule has 0 saturated carbocycles. The number of hydrogen-bond donors (Lipinski definition) is 2. The Kier molecular flexibility index (Phi) is 5.40. The molecule has 0 atom stereocenters. The van der Waals surface area contributed by atoms with Gasteiger partial charge in [0.2, 0.25) is 0 Å². The number of anilines is 2. The number of nitrogens with zero attached hydrogens (tertiary/aromatic N) is 2. The van der Waals surface area contributed by atoms with Gasteiger partial charge in [0.15, 0.2) is 5.69 Å². The molecular formula is C19H17BrN4O. The third-order valence-electron chi connectivity index (χ3n) is 3.61. The topological polar surface area (TPSA) is 66.9 Å². The van der Waals surface area contributed by atoms with Crippen LogP contribution in [-0.4, -0.2) is 16.1 Å². The normalized spacial score (nSPS) is 10.3. The van der Waals surface area contributed by atoms with Crippen molar-refractivity contribution in [2.75, 3.05) is 10.6 Å². The van der Waals surface area contributed by atoms with Crippen LogP contribution in [0.15, 0.2) is 65.1 Å². The van der Waals surface area contributed by atoms with Crippen LogP contribution in [0, 0.1) is 6.92 Å². The van der Waals surface area contributed by atoms with Crippen LogP contribution in [0.1, 0.15) is 21.6 Å². The van der Waals surface area contributed by atoms with Gasteiger partial charge in [0.25, 0.3) is 5.91 Å². The third-order valence-corrected chi connectivity index (χ3v) is 4.30. The van der Waals surface area contributed by atoms with Gasteiger partial charge in [0, 0.05) is 11.0 Å². The van der Waals surface area contributed by atoms with Crippen LogP contribution < -0.4 is 10.6 Å². The number of carbonyl (C=O) groups excluding carboxylic acids is 1. The molecule has 0 aliphatic carbocycles. The number of para-hydroxylation sites is 1. The lowest BCUT2D eigenvalue weighted by atomic mass is 10.1. The zero-order valence-electron chi connectivity index (χ0n) is 13.7. The third kappa shape index (κ3) is 4.64. The molecule has 0 spiro atoms. The number of benzene rings is 2. The second-order valence-electron chi connectivity index (χ2n) is 5.58. The van der Waals surface area contributed by atoms with Crippen LogP contribution in [0.4, 0.5) is 11.5 Å². The average Bonchev–Trinajstić information content (AvgIpc) is 2.63. The van der Waals surface area contributed by atoms with E-state index in [1.165, 1.54) is 5.56 Å². The molecule has 2 N–H and O–H groups in total. The van der Waals surface area contributed by atoms with E-state index in [2.05, 4.69) is 68.0 Å². The van der Waals surface area contributed by atoms with Gasteiger partial charge in [-0.05, 0) is 52.7 Å². The Hall–Kier alpha value is -2.73. The molecule has 0 fully saturated rings. The van der Waals surface area contributed by atoms with Gasteiger partial charge in [0.05, 0.1) is 5.69 Å². The molecule has 1 amide bonds. The smallest absolute Gasteiger partial charge is 0.276 e. The van der Waals surface area contributed by atoms with Gasteiger partial charge in [-0.15, -0.1) is 10.2 Å². The summed E-state index contributed by atoms with van der Waals surface area (Å²) in [4.78, 5) is 12.2. The van der Waals surface area contributed by atoms with Crippen molar-refractivity contribution in [3.8, 4) is 0 Å². The highest BCUT2D eigenvalue weighted by molar-refractivity contribution is 9.10. The molecule has 2 aromatic carbocycles. The summed E-state index contributed by atoms with van der Waals surface area (Å²) in [7, 11) is 0. The summed E-state index contributed by atoms with van der Waals surface area (Å²) in [6.07, 6.45) is 0. The van der Waals surface area contributed by atoms with E-state index in [1.807, 2.05) is 24.3 Å². The molecule has 126 valence electrons. The number of rotatable bonds is 5. The Balaban J connectivity index is 1.60. The van der Waals surface area contributed by atoms with E-state index in [0.29, 0.717) is 18.1 Å². The van der Waals surface area contributed by atoms with Crippen LogP contribution >= 0.6 is 15.9 Å². The van der Waals surface area contributed by atoms with E-state index in [-0.39, 0.29) is 11.6 Å². The van der Waals surface area contributed by atoms with Crippen molar-refractivity contribution in [1.29, 1.82) is 0 Å². The SMILES string of the molecule is Cc1ccc(CNc2ccc(C(=O)Nc3ccccc3Br)nn2)cc1. The second-order valence-corrected chi connectivity index (χ2v) is 6.43. The molecule has 0 unspecified atom stereocenters. The first-order valence-corrected chi connectivity index (χ1v) is 8.60. The Morgan fingerprint density at radius 1 is 1.00 bits per heavy atom. The molecule has 0 saturated heterocycles. The quantitative estimate of drug-likeness (QED) is 0.669. The van der Waals surface area contributed by atoms with Crippen molar-refractivity contribution in [3.63, 3.8) is 0 Å². The Morgan fingerprint density at radius 3 is 2.44 bits per heavy atom. The number of aryl methyl sites for hydroxylation is 1. The highest BCUT2D eigenvalue weighted by atomic mass is 79.9. The number of aromatic nitrogens is 2. The fraction of sp³-hybridized carbons (Fsp3) is 0.105. The molecule has 0 aliphatic heterocycles. The molecule has 3 aromatic rings.